The summed E-state index contributed by atoms with van der Waals surface area (Å²) in [6, 6.07) is 17.7. The predicted molar refractivity (Wildman–Crippen MR) is 177 cm³/mol. The van der Waals surface area contributed by atoms with Crippen LogP contribution in [0.4, 0.5) is 10.7 Å². The number of ether oxygens (including phenoxy) is 1. The van der Waals surface area contributed by atoms with Gasteiger partial charge in [-0.2, -0.15) is 11.3 Å². The van der Waals surface area contributed by atoms with Gasteiger partial charge in [-0.3, -0.25) is 14.4 Å². The molecule has 3 amide bonds. The first-order valence-corrected chi connectivity index (χ1v) is 16.7. The Balaban J connectivity index is 1.24. The van der Waals surface area contributed by atoms with Crippen molar-refractivity contribution in [2.75, 3.05) is 23.5 Å². The number of carbonyl (C=O) groups excluding carboxylic acids is 4. The lowest BCUT2D eigenvalue weighted by molar-refractivity contribution is -0.114. The molecule has 2 aromatic carbocycles. The average molecular weight is 646 g/mol. The molecule has 2 heterocycles. The summed E-state index contributed by atoms with van der Waals surface area (Å²) >= 11 is 4.24. The highest BCUT2D eigenvalue weighted by Gasteiger charge is 2.29. The Morgan fingerprint density at radius 3 is 2.61 bits per heavy atom. The maximum atomic E-state index is 13.3. The number of rotatable bonds is 10. The topological polar surface area (TPSA) is 114 Å². The van der Waals surface area contributed by atoms with E-state index in [9.17, 15) is 19.2 Å². The monoisotopic (exact) mass is 645 g/mol. The van der Waals surface area contributed by atoms with E-state index in [0.717, 1.165) is 40.2 Å². The minimum atomic E-state index is -0.480. The van der Waals surface area contributed by atoms with Gasteiger partial charge in [-0.25, -0.2) is 4.79 Å². The minimum absolute atomic E-state index is 0.101. The van der Waals surface area contributed by atoms with E-state index in [4.69, 9.17) is 4.74 Å². The van der Waals surface area contributed by atoms with Crippen molar-refractivity contribution >= 4 is 74.9 Å². The molecule has 2 aromatic heterocycles. The van der Waals surface area contributed by atoms with Gasteiger partial charge >= 0.3 is 5.97 Å². The number of anilines is 2. The van der Waals surface area contributed by atoms with Crippen molar-refractivity contribution in [3.8, 4) is 0 Å². The summed E-state index contributed by atoms with van der Waals surface area (Å²) in [7, 11) is 1.35. The highest BCUT2D eigenvalue weighted by molar-refractivity contribution is 8.00. The molecule has 3 N–H and O–H groups in total. The van der Waals surface area contributed by atoms with Crippen LogP contribution in [0.5, 0.6) is 0 Å². The Morgan fingerprint density at radius 2 is 1.86 bits per heavy atom. The third kappa shape index (κ3) is 7.85. The van der Waals surface area contributed by atoms with Crippen LogP contribution in [0.15, 0.2) is 82.0 Å². The van der Waals surface area contributed by atoms with Gasteiger partial charge in [0.15, 0.2) is 0 Å². The molecule has 0 spiro atoms. The predicted octanol–water partition coefficient (Wildman–Crippen LogP) is 6.86. The Hall–Kier alpha value is -4.19. The van der Waals surface area contributed by atoms with Gasteiger partial charge in [-0.05, 0) is 89.5 Å². The van der Waals surface area contributed by atoms with Crippen LogP contribution in [0.2, 0.25) is 0 Å². The zero-order valence-electron chi connectivity index (χ0n) is 24.2. The zero-order chi connectivity index (χ0) is 31.1. The largest absolute Gasteiger partial charge is 0.465 e. The Labute approximate surface area is 267 Å². The zero-order valence-corrected chi connectivity index (χ0v) is 26.6. The minimum Gasteiger partial charge on any atom is -0.465 e. The van der Waals surface area contributed by atoms with Gasteiger partial charge in [0.2, 0.25) is 5.91 Å². The first-order valence-electron chi connectivity index (χ1n) is 14.0. The number of fused-ring (bicyclic) bond motifs is 1. The van der Waals surface area contributed by atoms with E-state index in [0.29, 0.717) is 27.7 Å². The van der Waals surface area contributed by atoms with Crippen LogP contribution < -0.4 is 16.0 Å². The van der Waals surface area contributed by atoms with Crippen LogP contribution in [0.3, 0.4) is 0 Å². The van der Waals surface area contributed by atoms with E-state index in [-0.39, 0.29) is 17.4 Å². The van der Waals surface area contributed by atoms with Crippen LogP contribution in [-0.4, -0.2) is 36.6 Å². The van der Waals surface area contributed by atoms with Crippen molar-refractivity contribution in [2.45, 2.75) is 31.1 Å². The third-order valence-corrected chi connectivity index (χ3v) is 9.86. The molecule has 0 bridgehead atoms. The van der Waals surface area contributed by atoms with E-state index >= 15 is 0 Å². The molecule has 5 rings (SSSR count). The maximum Gasteiger partial charge on any atom is 0.341 e. The summed E-state index contributed by atoms with van der Waals surface area (Å²) in [4.78, 5) is 53.5. The number of esters is 1. The molecule has 0 saturated carbocycles. The van der Waals surface area contributed by atoms with Crippen LogP contribution in [-0.2, 0) is 27.2 Å². The first-order chi connectivity index (χ1) is 21.3. The first kappa shape index (κ1) is 31.2. The van der Waals surface area contributed by atoms with E-state index < -0.39 is 17.8 Å². The molecule has 1 atom stereocenters. The highest BCUT2D eigenvalue weighted by Crippen LogP contribution is 2.40. The maximum absolute atomic E-state index is 13.3. The van der Waals surface area contributed by atoms with Crippen LogP contribution >= 0.6 is 34.4 Å². The lowest BCUT2D eigenvalue weighted by Crippen LogP contribution is -2.30. The van der Waals surface area contributed by atoms with Crippen molar-refractivity contribution in [3.63, 3.8) is 0 Å². The van der Waals surface area contributed by atoms with E-state index in [1.807, 2.05) is 29.0 Å². The molecule has 4 aromatic rings. The van der Waals surface area contributed by atoms with Gasteiger partial charge in [0, 0.05) is 21.0 Å². The normalized spacial score (nSPS) is 14.3. The molecular weight excluding hydrogens is 615 g/mol. The summed E-state index contributed by atoms with van der Waals surface area (Å²) in [5.41, 5.74) is 3.29. The van der Waals surface area contributed by atoms with Gasteiger partial charge in [0.1, 0.15) is 10.7 Å². The van der Waals surface area contributed by atoms with Crippen molar-refractivity contribution in [1.29, 1.82) is 0 Å². The Morgan fingerprint density at radius 1 is 1.05 bits per heavy atom. The van der Waals surface area contributed by atoms with Crippen LogP contribution in [0.1, 0.15) is 50.1 Å². The highest BCUT2D eigenvalue weighted by atomic mass is 32.2. The molecule has 1 aliphatic carbocycles. The number of thiophene rings is 2. The lowest BCUT2D eigenvalue weighted by atomic mass is 9.88. The van der Waals surface area contributed by atoms with E-state index in [1.54, 1.807) is 48.5 Å². The number of hydrogen-bond acceptors (Lipinski definition) is 8. The standard InChI is InChI=1S/C33H31N3O5S3/c1-20-11-12-25-27(15-20)44-32(29(25)33(40)41-2)36-28(37)19-43-24-10-6-9-23(17-24)34-31(39)26(16-21-13-14-42-18-21)35-30(38)22-7-4-3-5-8-22/h3-10,13-14,16-18,20H,11-12,15,19H2,1-2H3,(H,34,39)(H,35,38)(H,36,37)/b26-16-. The summed E-state index contributed by atoms with van der Waals surface area (Å²) < 4.78 is 5.02. The number of amides is 3. The van der Waals surface area contributed by atoms with Crippen LogP contribution in [0.25, 0.3) is 6.08 Å². The summed E-state index contributed by atoms with van der Waals surface area (Å²) in [5, 5.41) is 12.8. The van der Waals surface area contributed by atoms with Gasteiger partial charge < -0.3 is 20.7 Å². The molecule has 1 aliphatic rings. The lowest BCUT2D eigenvalue weighted by Gasteiger charge is -2.18. The smallest absolute Gasteiger partial charge is 0.341 e. The van der Waals surface area contributed by atoms with Crippen molar-refractivity contribution in [2.24, 2.45) is 5.92 Å². The molecule has 0 saturated heterocycles. The van der Waals surface area contributed by atoms with Crippen molar-refractivity contribution in [1.82, 2.24) is 5.32 Å². The fraction of sp³-hybridized carbons (Fsp3) is 0.212. The molecule has 0 fully saturated rings. The third-order valence-electron chi connectivity index (χ3n) is 7.00. The van der Waals surface area contributed by atoms with E-state index in [2.05, 4.69) is 22.9 Å². The van der Waals surface area contributed by atoms with Gasteiger partial charge in [-0.15, -0.1) is 23.1 Å². The van der Waals surface area contributed by atoms with E-state index in [1.165, 1.54) is 41.5 Å². The summed E-state index contributed by atoms with van der Waals surface area (Å²) in [5.74, 6) is -0.920. The average Bonchev–Trinajstić information content (AvgIpc) is 3.67. The number of thioether (sulfide) groups is 1. The molecule has 8 nitrogen and oxygen atoms in total. The molecule has 0 aliphatic heterocycles. The number of benzene rings is 2. The fourth-order valence-corrected chi connectivity index (χ4v) is 7.58. The number of carbonyl (C=O) groups is 4. The molecule has 11 heteroatoms. The van der Waals surface area contributed by atoms with Crippen molar-refractivity contribution < 1.29 is 23.9 Å². The second-order valence-electron chi connectivity index (χ2n) is 10.3. The van der Waals surface area contributed by atoms with Gasteiger partial charge in [-0.1, -0.05) is 31.2 Å². The molecule has 1 unspecified atom stereocenters. The van der Waals surface area contributed by atoms with Crippen molar-refractivity contribution in [3.05, 3.63) is 104 Å². The molecule has 0 radical (unpaired) electrons. The quantitative estimate of drug-likeness (QED) is 0.0987. The SMILES string of the molecule is COC(=O)c1c(NC(=O)CSc2cccc(NC(=O)/C(=C/c3ccsc3)NC(=O)c3ccccc3)c2)sc2c1CCC(C)C2. The van der Waals surface area contributed by atoms with Gasteiger partial charge in [0.25, 0.3) is 11.8 Å². The number of hydrogen-bond donors (Lipinski definition) is 3. The second kappa shape index (κ2) is 14.5. The summed E-state index contributed by atoms with van der Waals surface area (Å²) in [6.07, 6.45) is 4.30. The molecule has 226 valence electrons. The number of methoxy groups -OCH3 is 1. The molecule has 44 heavy (non-hydrogen) atoms. The number of nitrogens with one attached hydrogen (secondary N) is 3. The van der Waals surface area contributed by atoms with Gasteiger partial charge in [0.05, 0.1) is 18.4 Å². The summed E-state index contributed by atoms with van der Waals surface area (Å²) in [6.45, 7) is 2.19. The molecular formula is C33H31N3O5S3. The Kier molecular flexibility index (Phi) is 10.3. The Bertz CT molecular complexity index is 1700. The fourth-order valence-electron chi connectivity index (χ4n) is 4.80. The second-order valence-corrected chi connectivity index (χ2v) is 13.2. The van der Waals surface area contributed by atoms with Crippen LogP contribution in [0, 0.1) is 5.92 Å².